The molecule has 0 saturated carbocycles. The Kier molecular flexibility index (Phi) is 2.94. The third kappa shape index (κ3) is 2.25. The first kappa shape index (κ1) is 12.9. The number of nitrogens with zero attached hydrogens (tertiary/aromatic N) is 2. The zero-order valence-electron chi connectivity index (χ0n) is 11.0. The molecule has 3 rings (SSSR count). The highest BCUT2D eigenvalue weighted by Gasteiger charge is 2.24. The maximum absolute atomic E-state index is 11.8. The minimum absolute atomic E-state index is 0.103. The van der Waals surface area contributed by atoms with E-state index in [0.29, 0.717) is 11.5 Å². The van der Waals surface area contributed by atoms with Crippen molar-refractivity contribution >= 4 is 34.7 Å². The normalized spacial score (nSPS) is 13.5. The fourth-order valence-electron chi connectivity index (χ4n) is 2.25. The number of hydrogen-bond donors (Lipinski definition) is 3. The summed E-state index contributed by atoms with van der Waals surface area (Å²) in [5.74, 6) is -0.348. The molecule has 0 unspecified atom stereocenters. The number of benzene rings is 1. The van der Waals surface area contributed by atoms with Crippen molar-refractivity contribution < 1.29 is 9.59 Å². The van der Waals surface area contributed by atoms with Gasteiger partial charge in [0.25, 0.3) is 5.91 Å². The number of para-hydroxylation sites is 2. The second-order valence-electron chi connectivity index (χ2n) is 4.65. The van der Waals surface area contributed by atoms with Crippen molar-refractivity contribution in [3.63, 3.8) is 0 Å². The molecule has 106 valence electrons. The van der Waals surface area contributed by atoms with Gasteiger partial charge < -0.3 is 21.7 Å². The number of nitrogens with one attached hydrogen (secondary N) is 1. The van der Waals surface area contributed by atoms with Gasteiger partial charge in [-0.3, -0.25) is 9.59 Å². The number of aromatic nitrogens is 1. The van der Waals surface area contributed by atoms with E-state index in [2.05, 4.69) is 10.3 Å². The van der Waals surface area contributed by atoms with Gasteiger partial charge >= 0.3 is 0 Å². The van der Waals surface area contributed by atoms with Crippen LogP contribution in [0.15, 0.2) is 36.5 Å². The van der Waals surface area contributed by atoms with Gasteiger partial charge in [-0.25, -0.2) is 4.98 Å². The molecule has 1 aromatic heterocycles. The first-order chi connectivity index (χ1) is 10.1. The third-order valence-corrected chi connectivity index (χ3v) is 3.23. The lowest BCUT2D eigenvalue weighted by atomic mass is 10.1. The number of nitrogens with two attached hydrogens (primary N) is 2. The van der Waals surface area contributed by atoms with Crippen molar-refractivity contribution in [3.8, 4) is 0 Å². The number of hydrogen-bond acceptors (Lipinski definition) is 5. The second kappa shape index (κ2) is 4.78. The Hall–Kier alpha value is -3.09. The zero-order valence-corrected chi connectivity index (χ0v) is 11.0. The summed E-state index contributed by atoms with van der Waals surface area (Å²) in [5.41, 5.74) is 12.8. The average Bonchev–Trinajstić information content (AvgIpc) is 2.46. The predicted molar refractivity (Wildman–Crippen MR) is 79.2 cm³/mol. The van der Waals surface area contributed by atoms with Crippen molar-refractivity contribution in [3.05, 3.63) is 42.1 Å². The van der Waals surface area contributed by atoms with Gasteiger partial charge in [-0.15, -0.1) is 0 Å². The molecule has 0 aliphatic carbocycles. The summed E-state index contributed by atoms with van der Waals surface area (Å²) in [6.45, 7) is 0.103. The summed E-state index contributed by atoms with van der Waals surface area (Å²) < 4.78 is 0. The van der Waals surface area contributed by atoms with Crippen LogP contribution in [-0.4, -0.2) is 23.3 Å². The number of carbonyl (C=O) groups is 2. The molecule has 21 heavy (non-hydrogen) atoms. The number of anilines is 4. The van der Waals surface area contributed by atoms with Crippen LogP contribution >= 0.6 is 0 Å². The highest BCUT2D eigenvalue weighted by Crippen LogP contribution is 2.34. The van der Waals surface area contributed by atoms with Gasteiger partial charge in [0, 0.05) is 0 Å². The van der Waals surface area contributed by atoms with Gasteiger partial charge in [0.1, 0.15) is 12.4 Å². The number of primary amides is 1. The number of nitrogen functional groups attached to an aromatic ring is 1. The SMILES string of the molecule is NC(=O)c1cc(N2CC(=O)Nc3ccccc32)ncc1N. The van der Waals surface area contributed by atoms with E-state index >= 15 is 0 Å². The average molecular weight is 283 g/mol. The molecule has 0 saturated heterocycles. The summed E-state index contributed by atoms with van der Waals surface area (Å²) in [7, 11) is 0. The summed E-state index contributed by atoms with van der Waals surface area (Å²) in [5, 5.41) is 2.78. The molecule has 2 amide bonds. The van der Waals surface area contributed by atoms with Crippen LogP contribution in [0.1, 0.15) is 10.4 Å². The monoisotopic (exact) mass is 283 g/mol. The van der Waals surface area contributed by atoms with Crippen molar-refractivity contribution in [2.45, 2.75) is 0 Å². The van der Waals surface area contributed by atoms with Gasteiger partial charge in [-0.1, -0.05) is 12.1 Å². The number of rotatable bonds is 2. The largest absolute Gasteiger partial charge is 0.397 e. The summed E-state index contributed by atoms with van der Waals surface area (Å²) in [6, 6.07) is 8.83. The predicted octanol–water partition coefficient (Wildman–Crippen LogP) is 0.853. The van der Waals surface area contributed by atoms with E-state index in [-0.39, 0.29) is 23.7 Å². The smallest absolute Gasteiger partial charge is 0.250 e. The Morgan fingerprint density at radius 1 is 1.33 bits per heavy atom. The fourth-order valence-corrected chi connectivity index (χ4v) is 2.25. The molecule has 1 aliphatic heterocycles. The first-order valence-corrected chi connectivity index (χ1v) is 6.28. The van der Waals surface area contributed by atoms with Crippen LogP contribution in [0.2, 0.25) is 0 Å². The molecule has 0 atom stereocenters. The second-order valence-corrected chi connectivity index (χ2v) is 4.65. The van der Waals surface area contributed by atoms with E-state index in [1.54, 1.807) is 11.0 Å². The van der Waals surface area contributed by atoms with E-state index in [1.165, 1.54) is 12.3 Å². The van der Waals surface area contributed by atoms with Gasteiger partial charge in [-0.05, 0) is 18.2 Å². The maximum Gasteiger partial charge on any atom is 0.250 e. The van der Waals surface area contributed by atoms with Crippen molar-refractivity contribution in [1.82, 2.24) is 4.98 Å². The van der Waals surface area contributed by atoms with Crippen LogP contribution < -0.4 is 21.7 Å². The highest BCUT2D eigenvalue weighted by atomic mass is 16.2. The molecule has 2 aromatic rings. The standard InChI is InChI=1S/C14H13N5O2/c15-9-6-17-12(5-8(9)14(16)21)19-7-13(20)18-10-3-1-2-4-11(10)19/h1-6H,7,15H2,(H2,16,21)(H,18,20). The van der Waals surface area contributed by atoms with Crippen LogP contribution in [0.5, 0.6) is 0 Å². The van der Waals surface area contributed by atoms with Crippen LogP contribution in [0.4, 0.5) is 22.9 Å². The lowest BCUT2D eigenvalue weighted by Gasteiger charge is -2.30. The van der Waals surface area contributed by atoms with Crippen molar-refractivity contribution in [2.24, 2.45) is 5.73 Å². The summed E-state index contributed by atoms with van der Waals surface area (Å²) in [6.07, 6.45) is 1.37. The molecular formula is C14H13N5O2. The zero-order chi connectivity index (χ0) is 15.0. The van der Waals surface area contributed by atoms with E-state index in [4.69, 9.17) is 11.5 Å². The summed E-state index contributed by atoms with van der Waals surface area (Å²) in [4.78, 5) is 29.1. The molecule has 7 nitrogen and oxygen atoms in total. The minimum Gasteiger partial charge on any atom is -0.397 e. The molecule has 7 heteroatoms. The van der Waals surface area contributed by atoms with E-state index < -0.39 is 5.91 Å². The van der Waals surface area contributed by atoms with Crippen LogP contribution in [0.3, 0.4) is 0 Å². The van der Waals surface area contributed by atoms with E-state index in [0.717, 1.165) is 5.69 Å². The van der Waals surface area contributed by atoms with E-state index in [1.807, 2.05) is 18.2 Å². The van der Waals surface area contributed by atoms with Gasteiger partial charge in [-0.2, -0.15) is 0 Å². The van der Waals surface area contributed by atoms with Crippen LogP contribution in [-0.2, 0) is 4.79 Å². The third-order valence-electron chi connectivity index (χ3n) is 3.23. The summed E-state index contributed by atoms with van der Waals surface area (Å²) >= 11 is 0. The van der Waals surface area contributed by atoms with Gasteiger partial charge in [0.15, 0.2) is 0 Å². The van der Waals surface area contributed by atoms with Gasteiger partial charge in [0.05, 0.1) is 28.8 Å². The lowest BCUT2D eigenvalue weighted by Crippen LogP contribution is -2.35. The topological polar surface area (TPSA) is 114 Å². The highest BCUT2D eigenvalue weighted by molar-refractivity contribution is 6.04. The molecule has 0 bridgehead atoms. The molecule has 0 fully saturated rings. The van der Waals surface area contributed by atoms with Gasteiger partial charge in [0.2, 0.25) is 5.91 Å². The molecule has 1 aromatic carbocycles. The van der Waals surface area contributed by atoms with Crippen molar-refractivity contribution in [1.29, 1.82) is 0 Å². The Balaban J connectivity index is 2.11. The molecule has 0 spiro atoms. The first-order valence-electron chi connectivity index (χ1n) is 6.28. The maximum atomic E-state index is 11.8. The minimum atomic E-state index is -0.633. The number of pyridine rings is 1. The molecule has 1 aliphatic rings. The Morgan fingerprint density at radius 3 is 2.86 bits per heavy atom. The number of amides is 2. The Bertz CT molecular complexity index is 744. The Morgan fingerprint density at radius 2 is 2.10 bits per heavy atom. The quantitative estimate of drug-likeness (QED) is 0.756. The molecule has 5 N–H and O–H groups in total. The molecule has 2 heterocycles. The number of fused-ring (bicyclic) bond motifs is 1. The number of carbonyl (C=O) groups excluding carboxylic acids is 2. The van der Waals surface area contributed by atoms with Crippen LogP contribution in [0.25, 0.3) is 0 Å². The van der Waals surface area contributed by atoms with E-state index in [9.17, 15) is 9.59 Å². The lowest BCUT2D eigenvalue weighted by molar-refractivity contribution is -0.115. The van der Waals surface area contributed by atoms with Crippen molar-refractivity contribution in [2.75, 3.05) is 22.5 Å². The fraction of sp³-hybridized carbons (Fsp3) is 0.0714. The Labute approximate surface area is 120 Å². The molecule has 0 radical (unpaired) electrons. The molecular weight excluding hydrogens is 270 g/mol. The van der Waals surface area contributed by atoms with Crippen LogP contribution in [0, 0.1) is 0 Å².